The number of carbonyl (C=O) groups is 2. The van der Waals surface area contributed by atoms with Crippen molar-refractivity contribution >= 4 is 27.5 Å². The summed E-state index contributed by atoms with van der Waals surface area (Å²) in [5.41, 5.74) is 1.32. The smallest absolute Gasteiger partial charge is 0.264 e. The van der Waals surface area contributed by atoms with Gasteiger partial charge in [-0.05, 0) is 57.0 Å². The van der Waals surface area contributed by atoms with Crippen LogP contribution in [0, 0.1) is 12.7 Å². The average molecular weight is 596 g/mol. The van der Waals surface area contributed by atoms with Crippen LogP contribution in [-0.2, 0) is 26.2 Å². The Morgan fingerprint density at radius 1 is 1.00 bits per heavy atom. The highest BCUT2D eigenvalue weighted by atomic mass is 32.2. The fraction of sp³-hybridized carbons (Fsp3) is 0.375. The average Bonchev–Trinajstić information content (AvgIpc) is 2.99. The number of carbonyl (C=O) groups excluding carboxylic acids is 2. The maximum atomic E-state index is 14.7. The van der Waals surface area contributed by atoms with Gasteiger partial charge in [-0.2, -0.15) is 0 Å². The Kier molecular flexibility index (Phi) is 10.2. The summed E-state index contributed by atoms with van der Waals surface area (Å²) in [7, 11) is -2.75. The molecule has 0 spiro atoms. The summed E-state index contributed by atoms with van der Waals surface area (Å²) in [5.74, 6) is -1.12. The van der Waals surface area contributed by atoms with E-state index in [0.717, 1.165) is 42.0 Å². The monoisotopic (exact) mass is 595 g/mol. The first-order valence-electron chi connectivity index (χ1n) is 14.2. The topological polar surface area (TPSA) is 96.0 Å². The van der Waals surface area contributed by atoms with Gasteiger partial charge in [0.15, 0.2) is 0 Å². The molecule has 0 aromatic heterocycles. The number of hydrogen-bond acceptors (Lipinski definition) is 5. The molecule has 1 aliphatic carbocycles. The molecule has 1 saturated carbocycles. The number of ether oxygens (including phenoxy) is 1. The molecule has 0 heterocycles. The van der Waals surface area contributed by atoms with Gasteiger partial charge in [-0.25, -0.2) is 12.8 Å². The van der Waals surface area contributed by atoms with Crippen LogP contribution in [0.15, 0.2) is 77.7 Å². The summed E-state index contributed by atoms with van der Waals surface area (Å²) in [4.78, 5) is 28.7. The molecule has 1 fully saturated rings. The molecule has 2 amide bonds. The Hall–Kier alpha value is -3.92. The Bertz CT molecular complexity index is 1490. The normalized spacial score (nSPS) is 14.6. The number of rotatable bonds is 11. The molecule has 1 aliphatic rings. The molecule has 0 aliphatic heterocycles. The van der Waals surface area contributed by atoms with Crippen molar-refractivity contribution in [3.05, 3.63) is 89.7 Å². The van der Waals surface area contributed by atoms with Gasteiger partial charge in [-0.1, -0.05) is 61.2 Å². The number of nitrogens with one attached hydrogen (secondary N) is 1. The molecule has 3 aromatic rings. The predicted octanol–water partition coefficient (Wildman–Crippen LogP) is 5.20. The van der Waals surface area contributed by atoms with E-state index >= 15 is 0 Å². The highest BCUT2D eigenvalue weighted by molar-refractivity contribution is 7.92. The predicted molar refractivity (Wildman–Crippen MR) is 160 cm³/mol. The zero-order valence-corrected chi connectivity index (χ0v) is 25.1. The van der Waals surface area contributed by atoms with Gasteiger partial charge in [-0.3, -0.25) is 13.9 Å². The number of sulfonamides is 1. The molecule has 8 nitrogen and oxygen atoms in total. The molecule has 10 heteroatoms. The van der Waals surface area contributed by atoms with Gasteiger partial charge in [0.2, 0.25) is 11.8 Å². The molecule has 0 radical (unpaired) electrons. The minimum atomic E-state index is -4.22. The largest absolute Gasteiger partial charge is 0.497 e. The summed E-state index contributed by atoms with van der Waals surface area (Å²) >= 11 is 0. The first kappa shape index (κ1) is 31.0. The molecule has 1 N–H and O–H groups in total. The minimum absolute atomic E-state index is 0.00691. The first-order chi connectivity index (χ1) is 20.1. The van der Waals surface area contributed by atoms with E-state index in [4.69, 9.17) is 4.74 Å². The second-order valence-electron chi connectivity index (χ2n) is 10.7. The Morgan fingerprint density at radius 3 is 2.36 bits per heavy atom. The quantitative estimate of drug-likeness (QED) is 0.329. The number of amides is 2. The molecule has 0 unspecified atom stereocenters. The van der Waals surface area contributed by atoms with Gasteiger partial charge in [0.25, 0.3) is 10.0 Å². The second-order valence-corrected chi connectivity index (χ2v) is 12.5. The van der Waals surface area contributed by atoms with Crippen molar-refractivity contribution in [2.45, 2.75) is 69.5 Å². The lowest BCUT2D eigenvalue weighted by Gasteiger charge is -2.33. The van der Waals surface area contributed by atoms with Crippen molar-refractivity contribution in [1.29, 1.82) is 0 Å². The van der Waals surface area contributed by atoms with Gasteiger partial charge in [0.1, 0.15) is 24.2 Å². The van der Waals surface area contributed by atoms with Gasteiger partial charge < -0.3 is 15.0 Å². The van der Waals surface area contributed by atoms with Crippen molar-refractivity contribution in [2.24, 2.45) is 0 Å². The van der Waals surface area contributed by atoms with Crippen LogP contribution in [0.3, 0.4) is 0 Å². The van der Waals surface area contributed by atoms with Crippen LogP contribution in [0.4, 0.5) is 10.1 Å². The van der Waals surface area contributed by atoms with Crippen molar-refractivity contribution in [3.8, 4) is 5.75 Å². The van der Waals surface area contributed by atoms with E-state index in [1.54, 1.807) is 55.5 Å². The highest BCUT2D eigenvalue weighted by Crippen LogP contribution is 2.28. The summed E-state index contributed by atoms with van der Waals surface area (Å²) in [6.45, 7) is 2.61. The number of aryl methyl sites for hydroxylation is 1. The van der Waals surface area contributed by atoms with E-state index in [-0.39, 0.29) is 34.6 Å². The maximum absolute atomic E-state index is 14.7. The van der Waals surface area contributed by atoms with E-state index in [1.807, 2.05) is 6.92 Å². The highest BCUT2D eigenvalue weighted by Gasteiger charge is 2.33. The molecule has 1 atom stereocenters. The summed E-state index contributed by atoms with van der Waals surface area (Å²) < 4.78 is 49.0. The van der Waals surface area contributed by atoms with Crippen LogP contribution in [0.25, 0.3) is 0 Å². The number of anilines is 1. The van der Waals surface area contributed by atoms with Crippen molar-refractivity contribution in [2.75, 3.05) is 18.0 Å². The molecule has 224 valence electrons. The van der Waals surface area contributed by atoms with Crippen LogP contribution in [0.1, 0.15) is 50.2 Å². The summed E-state index contributed by atoms with van der Waals surface area (Å²) in [5, 5.41) is 3.04. The number of benzene rings is 3. The number of halogens is 1. The number of methoxy groups -OCH3 is 1. The number of nitrogens with zero attached hydrogens (tertiary/aromatic N) is 2. The van der Waals surface area contributed by atoms with Crippen LogP contribution in [0.5, 0.6) is 5.75 Å². The first-order valence-corrected chi connectivity index (χ1v) is 15.6. The van der Waals surface area contributed by atoms with Crippen molar-refractivity contribution < 1.29 is 27.1 Å². The number of hydrogen-bond donors (Lipinski definition) is 1. The van der Waals surface area contributed by atoms with Gasteiger partial charge in [0, 0.05) is 24.2 Å². The van der Waals surface area contributed by atoms with Gasteiger partial charge in [-0.15, -0.1) is 0 Å². The minimum Gasteiger partial charge on any atom is -0.497 e. The van der Waals surface area contributed by atoms with Crippen LogP contribution in [0.2, 0.25) is 0 Å². The lowest BCUT2D eigenvalue weighted by atomic mass is 9.95. The molecule has 4 rings (SSSR count). The van der Waals surface area contributed by atoms with Crippen molar-refractivity contribution in [1.82, 2.24) is 10.2 Å². The zero-order chi connectivity index (χ0) is 30.3. The SMILES string of the molecule is COc1cccc(N(CC(=O)N(Cc2ccccc2F)[C@H](C)C(=O)NC2CCCCC2)S(=O)(=O)c2ccc(C)cc2)c1. The van der Waals surface area contributed by atoms with Crippen LogP contribution in [-0.4, -0.2) is 50.9 Å². The van der Waals surface area contributed by atoms with E-state index in [0.29, 0.717) is 5.75 Å². The van der Waals surface area contributed by atoms with E-state index < -0.39 is 34.3 Å². The Labute approximate surface area is 247 Å². The van der Waals surface area contributed by atoms with Crippen LogP contribution < -0.4 is 14.4 Å². The maximum Gasteiger partial charge on any atom is 0.264 e. The Morgan fingerprint density at radius 2 is 1.69 bits per heavy atom. The molecule has 42 heavy (non-hydrogen) atoms. The van der Waals surface area contributed by atoms with Gasteiger partial charge >= 0.3 is 0 Å². The third-order valence-corrected chi connectivity index (χ3v) is 9.43. The molecule has 3 aromatic carbocycles. The molecule has 0 saturated heterocycles. The second kappa shape index (κ2) is 13.8. The standard InChI is InChI=1S/C32H38FN3O5S/c1-23-16-18-29(19-17-23)42(39,40)36(27-13-9-14-28(20-27)41-3)22-31(37)35(21-25-10-7-8-15-30(25)33)24(2)32(38)34-26-11-5-4-6-12-26/h7-10,13-20,24,26H,4-6,11-12,21-22H2,1-3H3,(H,34,38)/t24-/m1/s1. The van der Waals surface area contributed by atoms with E-state index in [1.165, 1.54) is 36.3 Å². The van der Waals surface area contributed by atoms with E-state index in [2.05, 4.69) is 5.32 Å². The summed E-state index contributed by atoms with van der Waals surface area (Å²) in [6.07, 6.45) is 4.87. The lowest BCUT2D eigenvalue weighted by Crippen LogP contribution is -2.53. The molecule has 0 bridgehead atoms. The lowest BCUT2D eigenvalue weighted by molar-refractivity contribution is -0.139. The molecular formula is C32H38FN3O5S. The fourth-order valence-electron chi connectivity index (χ4n) is 5.09. The third kappa shape index (κ3) is 7.47. The van der Waals surface area contributed by atoms with E-state index in [9.17, 15) is 22.4 Å². The van der Waals surface area contributed by atoms with Crippen LogP contribution >= 0.6 is 0 Å². The van der Waals surface area contributed by atoms with Gasteiger partial charge in [0.05, 0.1) is 17.7 Å². The Balaban J connectivity index is 1.70. The molecular weight excluding hydrogens is 557 g/mol. The fourth-order valence-corrected chi connectivity index (χ4v) is 6.50. The summed E-state index contributed by atoms with van der Waals surface area (Å²) in [6, 6.07) is 17.8. The van der Waals surface area contributed by atoms with Crippen molar-refractivity contribution in [3.63, 3.8) is 0 Å². The zero-order valence-electron chi connectivity index (χ0n) is 24.3. The third-order valence-electron chi connectivity index (χ3n) is 7.65.